The van der Waals surface area contributed by atoms with E-state index in [0.29, 0.717) is 22.1 Å². The number of rotatable bonds is 9. The molecule has 0 aliphatic heterocycles. The number of carbonyl (C=O) groups is 2. The van der Waals surface area contributed by atoms with Gasteiger partial charge in [-0.15, -0.1) is 0 Å². The van der Waals surface area contributed by atoms with E-state index in [2.05, 4.69) is 9.82 Å². The van der Waals surface area contributed by atoms with E-state index in [1.54, 1.807) is 31.6 Å². The Kier molecular flexibility index (Phi) is 7.57. The van der Waals surface area contributed by atoms with Crippen LogP contribution in [0.2, 0.25) is 5.02 Å². The van der Waals surface area contributed by atoms with Crippen molar-refractivity contribution >= 4 is 50.7 Å². The molecule has 12 heteroatoms. The number of hydrogen-bond acceptors (Lipinski definition) is 6. The first-order valence-corrected chi connectivity index (χ1v) is 11.9. The Bertz CT molecular complexity index is 1330. The number of esters is 1. The number of aromatic nitrogens is 3. The van der Waals surface area contributed by atoms with Gasteiger partial charge in [0.25, 0.3) is 5.91 Å². The zero-order valence-corrected chi connectivity index (χ0v) is 19.9. The average molecular weight is 494 g/mol. The number of fused-ring (bicyclic) bond motifs is 1. The van der Waals surface area contributed by atoms with Crippen molar-refractivity contribution < 1.29 is 22.7 Å². The number of amides is 1. The third-order valence-electron chi connectivity index (χ3n) is 4.68. The van der Waals surface area contributed by atoms with Gasteiger partial charge in [-0.25, -0.2) is 4.72 Å². The third kappa shape index (κ3) is 6.01. The molecule has 0 aliphatic carbocycles. The Morgan fingerprint density at radius 2 is 2.03 bits per heavy atom. The summed E-state index contributed by atoms with van der Waals surface area (Å²) in [7, 11) is -2.36. The molecule has 2 aromatic heterocycles. The van der Waals surface area contributed by atoms with Crippen LogP contribution in [0.15, 0.2) is 36.5 Å². The van der Waals surface area contributed by atoms with Crippen molar-refractivity contribution in [3.8, 4) is 5.82 Å². The van der Waals surface area contributed by atoms with Gasteiger partial charge < -0.3 is 9.30 Å². The first-order valence-electron chi connectivity index (χ1n) is 10.1. The number of ether oxygens (including phenoxy) is 1. The molecular weight excluding hydrogens is 470 g/mol. The monoisotopic (exact) mass is 493 g/mol. The van der Waals surface area contributed by atoms with Crippen LogP contribution in [0.1, 0.15) is 24.6 Å². The first kappa shape index (κ1) is 24.5. The van der Waals surface area contributed by atoms with E-state index in [4.69, 9.17) is 16.3 Å². The molecule has 176 valence electrons. The van der Waals surface area contributed by atoms with Gasteiger partial charge in [-0.1, -0.05) is 11.6 Å². The van der Waals surface area contributed by atoms with E-state index in [-0.39, 0.29) is 19.6 Å². The van der Waals surface area contributed by atoms with Gasteiger partial charge >= 0.3 is 16.2 Å². The van der Waals surface area contributed by atoms with Gasteiger partial charge in [-0.2, -0.15) is 18.2 Å². The lowest BCUT2D eigenvalue weighted by atomic mass is 10.2. The normalized spacial score (nSPS) is 11.9. The molecule has 1 amide bonds. The minimum atomic E-state index is -4.13. The number of nitrogens with one attached hydrogen (secondary N) is 2. The third-order valence-corrected chi connectivity index (χ3v) is 5.97. The van der Waals surface area contributed by atoms with Crippen molar-refractivity contribution in [2.45, 2.75) is 20.3 Å². The molecule has 0 atom stereocenters. The molecule has 10 nitrogen and oxygen atoms in total. The Morgan fingerprint density at radius 3 is 2.76 bits per heavy atom. The number of nitrogens with zero attached hydrogens (tertiary/aromatic N) is 3. The SMILES string of the molecule is CCOC(=O)CCNS(=O)(=O)NC(=O)C=Cc1c(C)nn(C)c1-n1ccc2cc(Cl)ccc21. The Hall–Kier alpha value is -3.15. The fourth-order valence-electron chi connectivity index (χ4n) is 3.32. The molecule has 0 saturated heterocycles. The maximum Gasteiger partial charge on any atom is 0.307 e. The zero-order valence-electron chi connectivity index (χ0n) is 18.3. The molecule has 0 bridgehead atoms. The largest absolute Gasteiger partial charge is 0.466 e. The lowest BCUT2D eigenvalue weighted by molar-refractivity contribution is -0.142. The lowest BCUT2D eigenvalue weighted by Gasteiger charge is -2.08. The van der Waals surface area contributed by atoms with Crippen LogP contribution in [0.4, 0.5) is 0 Å². The fraction of sp³-hybridized carbons (Fsp3) is 0.286. The predicted octanol–water partition coefficient (Wildman–Crippen LogP) is 2.24. The van der Waals surface area contributed by atoms with Crippen LogP contribution in [-0.2, 0) is 31.6 Å². The maximum absolute atomic E-state index is 12.2. The zero-order chi connectivity index (χ0) is 24.2. The summed E-state index contributed by atoms with van der Waals surface area (Å²) in [4.78, 5) is 23.5. The number of carbonyl (C=O) groups excluding carboxylic acids is 2. The number of halogens is 1. The molecule has 3 rings (SSSR count). The number of hydrogen-bond donors (Lipinski definition) is 2. The molecule has 3 aromatic rings. The first-order chi connectivity index (χ1) is 15.6. The molecule has 0 saturated carbocycles. The Labute approximate surface area is 196 Å². The summed E-state index contributed by atoms with van der Waals surface area (Å²) in [5.41, 5.74) is 2.20. The van der Waals surface area contributed by atoms with E-state index in [1.165, 1.54) is 6.08 Å². The summed E-state index contributed by atoms with van der Waals surface area (Å²) < 4.78 is 36.4. The molecule has 2 heterocycles. The molecule has 1 aromatic carbocycles. The van der Waals surface area contributed by atoms with Gasteiger partial charge in [0.05, 0.1) is 24.2 Å². The van der Waals surface area contributed by atoms with Crippen LogP contribution >= 0.6 is 11.6 Å². The predicted molar refractivity (Wildman–Crippen MR) is 125 cm³/mol. The Balaban J connectivity index is 1.76. The lowest BCUT2D eigenvalue weighted by Crippen LogP contribution is -2.40. The molecular formula is C21H24ClN5O5S. The molecule has 0 unspecified atom stereocenters. The van der Waals surface area contributed by atoms with Gasteiger partial charge in [0.15, 0.2) is 0 Å². The summed E-state index contributed by atoms with van der Waals surface area (Å²) >= 11 is 6.08. The van der Waals surface area contributed by atoms with E-state index in [9.17, 15) is 18.0 Å². The topological polar surface area (TPSA) is 124 Å². The molecule has 2 N–H and O–H groups in total. The highest BCUT2D eigenvalue weighted by Gasteiger charge is 2.17. The summed E-state index contributed by atoms with van der Waals surface area (Å²) in [6.07, 6.45) is 4.34. The highest BCUT2D eigenvalue weighted by atomic mass is 35.5. The second-order valence-electron chi connectivity index (χ2n) is 7.09. The Morgan fingerprint density at radius 1 is 1.27 bits per heavy atom. The highest BCUT2D eigenvalue weighted by Crippen LogP contribution is 2.27. The summed E-state index contributed by atoms with van der Waals surface area (Å²) in [6.45, 7) is 3.45. The van der Waals surface area contributed by atoms with Crippen molar-refractivity contribution in [1.82, 2.24) is 23.8 Å². The number of aryl methyl sites for hydroxylation is 2. The van der Waals surface area contributed by atoms with Crippen molar-refractivity contribution in [3.63, 3.8) is 0 Å². The van der Waals surface area contributed by atoms with Gasteiger partial charge in [0.1, 0.15) is 5.82 Å². The van der Waals surface area contributed by atoms with Gasteiger partial charge in [-0.3, -0.25) is 14.3 Å². The average Bonchev–Trinajstić information content (AvgIpc) is 3.24. The van der Waals surface area contributed by atoms with E-state index in [0.717, 1.165) is 17.0 Å². The molecule has 0 spiro atoms. The standard InChI is InChI=1S/C21H24ClN5O5S/c1-4-32-20(29)9-11-23-33(30,31)25-19(28)8-6-17-14(2)24-26(3)21(17)27-12-10-15-13-16(22)5-7-18(15)27/h5-8,10,12-13,23H,4,9,11H2,1-3H3,(H,25,28). The summed E-state index contributed by atoms with van der Waals surface area (Å²) in [5.74, 6) is -0.688. The maximum atomic E-state index is 12.2. The second kappa shape index (κ2) is 10.2. The van der Waals surface area contributed by atoms with Crippen LogP contribution in [0, 0.1) is 6.92 Å². The van der Waals surface area contributed by atoms with Crippen molar-refractivity contribution in [1.29, 1.82) is 0 Å². The van der Waals surface area contributed by atoms with Crippen molar-refractivity contribution in [3.05, 3.63) is 52.8 Å². The van der Waals surface area contributed by atoms with E-state index < -0.39 is 22.1 Å². The minimum Gasteiger partial charge on any atom is -0.466 e. The quantitative estimate of drug-likeness (QED) is 0.348. The van der Waals surface area contributed by atoms with Crippen LogP contribution in [0.3, 0.4) is 0 Å². The minimum absolute atomic E-state index is 0.146. The summed E-state index contributed by atoms with van der Waals surface area (Å²) in [5, 5.41) is 5.99. The van der Waals surface area contributed by atoms with Gasteiger partial charge in [0, 0.05) is 41.8 Å². The molecule has 33 heavy (non-hydrogen) atoms. The summed E-state index contributed by atoms with van der Waals surface area (Å²) in [6, 6.07) is 7.43. The fourth-order valence-corrected chi connectivity index (χ4v) is 4.28. The molecule has 0 radical (unpaired) electrons. The smallest absolute Gasteiger partial charge is 0.307 e. The molecule has 0 aliphatic rings. The van der Waals surface area contributed by atoms with Crippen LogP contribution < -0.4 is 9.44 Å². The second-order valence-corrected chi connectivity index (χ2v) is 9.02. The highest BCUT2D eigenvalue weighted by molar-refractivity contribution is 7.88. The van der Waals surface area contributed by atoms with Crippen molar-refractivity contribution in [2.24, 2.45) is 7.05 Å². The van der Waals surface area contributed by atoms with E-state index >= 15 is 0 Å². The van der Waals surface area contributed by atoms with Crippen molar-refractivity contribution in [2.75, 3.05) is 13.2 Å². The molecule has 0 fully saturated rings. The van der Waals surface area contributed by atoms with E-state index in [1.807, 2.05) is 33.7 Å². The van der Waals surface area contributed by atoms with Gasteiger partial charge in [0.2, 0.25) is 0 Å². The van der Waals surface area contributed by atoms with Crippen LogP contribution in [-0.4, -0.2) is 47.8 Å². The number of benzene rings is 1. The van der Waals surface area contributed by atoms with Crippen LogP contribution in [0.25, 0.3) is 22.8 Å². The van der Waals surface area contributed by atoms with Crippen LogP contribution in [0.5, 0.6) is 0 Å². The van der Waals surface area contributed by atoms with Gasteiger partial charge in [-0.05, 0) is 44.2 Å².